The van der Waals surface area contributed by atoms with Crippen molar-refractivity contribution in [3.63, 3.8) is 0 Å². The second-order valence-corrected chi connectivity index (χ2v) is 29.4. The van der Waals surface area contributed by atoms with E-state index in [9.17, 15) is 0 Å². The average Bonchev–Trinajstić information content (AvgIpc) is 3.88. The summed E-state index contributed by atoms with van der Waals surface area (Å²) in [6.45, 7) is 9.14. The summed E-state index contributed by atoms with van der Waals surface area (Å²) in [7, 11) is 0. The van der Waals surface area contributed by atoms with Gasteiger partial charge in [0.1, 0.15) is 0 Å². The third-order valence-electron chi connectivity index (χ3n) is 11.7. The van der Waals surface area contributed by atoms with Crippen molar-refractivity contribution in [2.24, 2.45) is 0 Å². The van der Waals surface area contributed by atoms with E-state index >= 15 is 0 Å². The van der Waals surface area contributed by atoms with Crippen LogP contribution in [0.15, 0.2) is 170 Å². The molecule has 0 spiro atoms. The molecule has 3 heterocycles. The van der Waals surface area contributed by atoms with Crippen molar-refractivity contribution in [3.8, 4) is 50.6 Å². The molecule has 0 saturated heterocycles. The quantitative estimate of drug-likeness (QED) is 0.112. The number of hydrogen-bond acceptors (Lipinski definition) is 3. The summed E-state index contributed by atoms with van der Waals surface area (Å²) < 4.78 is 6.35. The van der Waals surface area contributed by atoms with E-state index in [1.54, 1.807) is 0 Å². The Morgan fingerprint density at radius 2 is 1.24 bits per heavy atom. The molecule has 0 unspecified atom stereocenters. The second-order valence-electron chi connectivity index (χ2n) is 17.7. The number of benzene rings is 7. The number of aromatic nitrogens is 3. The van der Waals surface area contributed by atoms with Crippen molar-refractivity contribution in [3.05, 3.63) is 193 Å². The van der Waals surface area contributed by atoms with Crippen LogP contribution in [0.25, 0.3) is 81.8 Å². The average molecular weight is 1070 g/mol. The topological polar surface area (TPSA) is 30.7 Å². The van der Waals surface area contributed by atoms with E-state index in [2.05, 4.69) is 206 Å². The minimum atomic E-state index is -1.72. The summed E-state index contributed by atoms with van der Waals surface area (Å²) in [5, 5.41) is 2.52. The molecule has 0 aliphatic carbocycles. The molecule has 1 radical (unpaired) electrons. The molecule has 315 valence electrons. The number of nitrogens with zero attached hydrogens (tertiary/aromatic N) is 3. The van der Waals surface area contributed by atoms with Crippen molar-refractivity contribution < 1.29 is 20.1 Å². The van der Waals surface area contributed by atoms with Crippen LogP contribution < -0.4 is 4.40 Å². The Morgan fingerprint density at radius 1 is 0.587 bits per heavy atom. The normalized spacial score (nSPS) is 11.6. The van der Waals surface area contributed by atoms with Gasteiger partial charge in [0.15, 0.2) is 0 Å². The van der Waals surface area contributed by atoms with Gasteiger partial charge in [0.2, 0.25) is 0 Å². The molecule has 10 aromatic rings. The van der Waals surface area contributed by atoms with Crippen LogP contribution in [-0.2, 0) is 20.1 Å². The first kappa shape index (κ1) is 44.2. The summed E-state index contributed by atoms with van der Waals surface area (Å²) in [4.78, 5) is 9.85. The van der Waals surface area contributed by atoms with E-state index in [1.165, 1.54) is 63.6 Å². The number of thiophene rings is 1. The summed E-state index contributed by atoms with van der Waals surface area (Å²) in [5.74, 6) is 8.83. The molecule has 0 bridgehead atoms. The van der Waals surface area contributed by atoms with Crippen molar-refractivity contribution in [1.82, 2.24) is 14.5 Å². The van der Waals surface area contributed by atoms with E-state index in [0.717, 1.165) is 33.7 Å². The summed E-state index contributed by atoms with van der Waals surface area (Å²) >= 11 is 0.126. The van der Waals surface area contributed by atoms with Gasteiger partial charge in [0, 0.05) is 30.5 Å². The summed E-state index contributed by atoms with van der Waals surface area (Å²) in [5.41, 5.74) is 14.1. The Bertz CT molecular complexity index is 3120. The molecule has 3 nitrogen and oxygen atoms in total. The Balaban J connectivity index is 0.000000271. The van der Waals surface area contributed by atoms with Crippen LogP contribution in [0.5, 0.6) is 0 Å². The monoisotopic (exact) mass is 1080 g/mol. The molecule has 0 saturated carbocycles. The predicted octanol–water partition coefficient (Wildman–Crippen LogP) is 15.5. The summed E-state index contributed by atoms with van der Waals surface area (Å²) in [6.07, 6.45) is 2.04. The number of hydrogen-bond donors (Lipinski definition) is 0. The van der Waals surface area contributed by atoms with E-state index in [4.69, 9.17) is 4.98 Å². The smallest absolute Gasteiger partial charge is 0 e. The maximum absolute atomic E-state index is 5.32. The van der Waals surface area contributed by atoms with Gasteiger partial charge in [0.05, 0.1) is 16.9 Å². The van der Waals surface area contributed by atoms with Crippen LogP contribution in [0.3, 0.4) is 0 Å². The Labute approximate surface area is 392 Å². The Hall–Kier alpha value is -5.43. The van der Waals surface area contributed by atoms with E-state index < -0.39 is 13.3 Å². The number of imidazole rings is 1. The SMILES string of the molecule is CC(C)c1cccc(C(C)C)c1-n1c(-c2[c-]ccc3c2sc2cc(-c4ccc(-c5ccccc5)cc4)ccc23)nc2ccccc21.[CH3][Ge]([CH3])([CH3])[c]1ccc(-c2[c-]cccc2)nc1.[Ir]. The molecule has 6 heteroatoms. The third kappa shape index (κ3) is 9.03. The van der Waals surface area contributed by atoms with Gasteiger partial charge in [-0.25, -0.2) is 0 Å². The number of pyridine rings is 1. The standard InChI is InChI=1S/C43H35N2S.C14H16GeN.Ir/c1-27(2)33-14-10-15-34(28(3)4)41(33)45-39-19-9-8-18-38(39)44-43(45)37-17-11-16-36-35-25-24-32(26-40(35)46-42(36)37)31-22-20-30(21-23-31)29-12-6-5-7-13-29;1-15(2,3)13-9-10-14(16-11-13)12-7-5-4-6-8-12;/h5-16,18-28H,1-4H3;4-7,9-11H,1-3H3;/q2*-1;. The van der Waals surface area contributed by atoms with Crippen LogP contribution >= 0.6 is 11.3 Å². The molecule has 0 fully saturated rings. The molecule has 0 atom stereocenters. The van der Waals surface area contributed by atoms with Gasteiger partial charge < -0.3 is 4.57 Å². The van der Waals surface area contributed by atoms with Gasteiger partial charge in [-0.1, -0.05) is 136 Å². The molecule has 0 amide bonds. The second kappa shape index (κ2) is 18.7. The Kier molecular flexibility index (Phi) is 13.1. The molecule has 0 aliphatic heterocycles. The van der Waals surface area contributed by atoms with Crippen LogP contribution in [0, 0.1) is 12.1 Å². The first-order valence-corrected chi connectivity index (χ1v) is 29.8. The first-order chi connectivity index (χ1) is 30.0. The fourth-order valence-electron chi connectivity index (χ4n) is 8.31. The molecule has 0 N–H and O–H groups in total. The molecule has 7 aromatic carbocycles. The largest absolute Gasteiger partial charge is 0 e. The minimum absolute atomic E-state index is 0. The van der Waals surface area contributed by atoms with Crippen molar-refractivity contribution in [1.29, 1.82) is 0 Å². The molecule has 3 aromatic heterocycles. The minimum Gasteiger partial charge on any atom is 0 e. The maximum atomic E-state index is 5.32. The molecule has 10 rings (SSSR count). The zero-order valence-electron chi connectivity index (χ0n) is 36.9. The number of rotatable bonds is 8. The van der Waals surface area contributed by atoms with Gasteiger partial charge in [-0.3, -0.25) is 4.98 Å². The fourth-order valence-corrected chi connectivity index (χ4v) is 11.7. The zero-order valence-corrected chi connectivity index (χ0v) is 42.2. The number of fused-ring (bicyclic) bond motifs is 4. The predicted molar refractivity (Wildman–Crippen MR) is 269 cm³/mol. The third-order valence-corrected chi connectivity index (χ3v) is 17.2. The van der Waals surface area contributed by atoms with E-state index in [-0.39, 0.29) is 20.1 Å². The Morgan fingerprint density at radius 3 is 1.89 bits per heavy atom. The summed E-state index contributed by atoms with van der Waals surface area (Å²) in [6, 6.07) is 65.1. The van der Waals surface area contributed by atoms with Crippen LogP contribution in [0.4, 0.5) is 0 Å². The van der Waals surface area contributed by atoms with Gasteiger partial charge in [-0.2, -0.15) is 11.3 Å². The van der Waals surface area contributed by atoms with Crippen molar-refractivity contribution in [2.75, 3.05) is 0 Å². The van der Waals surface area contributed by atoms with E-state index in [0.29, 0.717) is 11.8 Å². The van der Waals surface area contributed by atoms with Crippen LogP contribution in [0.2, 0.25) is 17.3 Å². The molecule has 0 aliphatic rings. The van der Waals surface area contributed by atoms with Gasteiger partial charge in [-0.15, -0.1) is 18.2 Å². The van der Waals surface area contributed by atoms with Crippen LogP contribution in [-0.4, -0.2) is 27.8 Å². The van der Waals surface area contributed by atoms with Gasteiger partial charge in [-0.05, 0) is 73.5 Å². The first-order valence-electron chi connectivity index (χ1n) is 21.6. The van der Waals surface area contributed by atoms with Crippen LogP contribution in [0.1, 0.15) is 50.7 Å². The number of para-hydroxylation sites is 3. The van der Waals surface area contributed by atoms with Gasteiger partial charge in [0.25, 0.3) is 0 Å². The van der Waals surface area contributed by atoms with E-state index in [1.807, 2.05) is 41.8 Å². The van der Waals surface area contributed by atoms with Crippen molar-refractivity contribution >= 4 is 60.2 Å². The molecule has 63 heavy (non-hydrogen) atoms. The molecular weight excluding hydrogens is 1020 g/mol. The molecular formula is C57H51GeIrN3S-2. The fraction of sp³-hybridized carbons (Fsp3) is 0.158. The van der Waals surface area contributed by atoms with Gasteiger partial charge >= 0.3 is 99.8 Å². The van der Waals surface area contributed by atoms with Crippen molar-refractivity contribution in [2.45, 2.75) is 56.8 Å². The zero-order chi connectivity index (χ0) is 43.0. The maximum Gasteiger partial charge on any atom is 0 e.